The van der Waals surface area contributed by atoms with Crippen molar-refractivity contribution in [3.8, 4) is 0 Å². The molecule has 0 amide bonds. The molecule has 0 aromatic heterocycles. The molecule has 1 aliphatic carbocycles. The fourth-order valence-corrected chi connectivity index (χ4v) is 2.55. The SMILES string of the molecule is COCC(CNC1CC1)N(C)CC1CCCCO1. The average molecular weight is 256 g/mol. The largest absolute Gasteiger partial charge is 0.383 e. The summed E-state index contributed by atoms with van der Waals surface area (Å²) < 4.78 is 11.2. The predicted octanol–water partition coefficient (Wildman–Crippen LogP) is 1.25. The van der Waals surface area contributed by atoms with E-state index in [0.29, 0.717) is 12.1 Å². The summed E-state index contributed by atoms with van der Waals surface area (Å²) in [6.45, 7) is 3.79. The number of hydrogen-bond donors (Lipinski definition) is 1. The van der Waals surface area contributed by atoms with Crippen LogP contribution in [0.1, 0.15) is 32.1 Å². The third kappa shape index (κ3) is 4.84. The molecule has 1 heterocycles. The Morgan fingerprint density at radius 2 is 2.17 bits per heavy atom. The van der Waals surface area contributed by atoms with Crippen molar-refractivity contribution in [2.45, 2.75) is 50.3 Å². The van der Waals surface area contributed by atoms with Crippen LogP contribution < -0.4 is 5.32 Å². The van der Waals surface area contributed by atoms with Crippen LogP contribution in [0, 0.1) is 0 Å². The predicted molar refractivity (Wildman–Crippen MR) is 72.9 cm³/mol. The van der Waals surface area contributed by atoms with E-state index in [2.05, 4.69) is 17.3 Å². The molecule has 106 valence electrons. The number of nitrogens with one attached hydrogen (secondary N) is 1. The number of hydrogen-bond acceptors (Lipinski definition) is 4. The van der Waals surface area contributed by atoms with Crippen molar-refractivity contribution in [3.05, 3.63) is 0 Å². The Morgan fingerprint density at radius 3 is 2.78 bits per heavy atom. The highest BCUT2D eigenvalue weighted by Gasteiger charge is 2.25. The quantitative estimate of drug-likeness (QED) is 0.709. The molecular weight excluding hydrogens is 228 g/mol. The normalized spacial score (nSPS) is 26.5. The van der Waals surface area contributed by atoms with Gasteiger partial charge in [-0.1, -0.05) is 0 Å². The van der Waals surface area contributed by atoms with Crippen LogP contribution in [0.2, 0.25) is 0 Å². The summed E-state index contributed by atoms with van der Waals surface area (Å²) in [6.07, 6.45) is 6.85. The lowest BCUT2D eigenvalue weighted by molar-refractivity contribution is -0.0147. The maximum atomic E-state index is 5.81. The summed E-state index contributed by atoms with van der Waals surface area (Å²) in [6, 6.07) is 1.23. The van der Waals surface area contributed by atoms with E-state index in [9.17, 15) is 0 Å². The van der Waals surface area contributed by atoms with Crippen molar-refractivity contribution < 1.29 is 9.47 Å². The van der Waals surface area contributed by atoms with Gasteiger partial charge in [0, 0.05) is 38.9 Å². The van der Waals surface area contributed by atoms with E-state index in [-0.39, 0.29) is 0 Å². The molecule has 2 rings (SSSR count). The first-order valence-corrected chi connectivity index (χ1v) is 7.33. The standard InChI is InChI=1S/C14H28N2O2/c1-16(10-14-5-3-4-8-18-14)13(11-17-2)9-15-12-6-7-12/h12-15H,3-11H2,1-2H3. The minimum absolute atomic E-state index is 0.420. The number of ether oxygens (including phenoxy) is 2. The highest BCUT2D eigenvalue weighted by Crippen LogP contribution is 2.19. The van der Waals surface area contributed by atoms with Gasteiger partial charge in [0.15, 0.2) is 0 Å². The summed E-state index contributed by atoms with van der Waals surface area (Å²) in [5, 5.41) is 3.60. The van der Waals surface area contributed by atoms with Gasteiger partial charge in [-0.05, 0) is 39.2 Å². The van der Waals surface area contributed by atoms with Gasteiger partial charge >= 0.3 is 0 Å². The Hall–Kier alpha value is -0.160. The monoisotopic (exact) mass is 256 g/mol. The first-order valence-electron chi connectivity index (χ1n) is 7.33. The van der Waals surface area contributed by atoms with Crippen molar-refractivity contribution in [3.63, 3.8) is 0 Å². The second kappa shape index (κ2) is 7.43. The topological polar surface area (TPSA) is 33.7 Å². The van der Waals surface area contributed by atoms with Gasteiger partial charge in [-0.25, -0.2) is 0 Å². The summed E-state index contributed by atoms with van der Waals surface area (Å²) in [5.74, 6) is 0. The molecular formula is C14H28N2O2. The molecule has 2 unspecified atom stereocenters. The zero-order valence-corrected chi connectivity index (χ0v) is 11.9. The zero-order chi connectivity index (χ0) is 12.8. The van der Waals surface area contributed by atoms with Crippen LogP contribution in [0.15, 0.2) is 0 Å². The molecule has 4 nitrogen and oxygen atoms in total. The molecule has 2 atom stereocenters. The van der Waals surface area contributed by atoms with Gasteiger partial charge < -0.3 is 14.8 Å². The van der Waals surface area contributed by atoms with Gasteiger partial charge in [0.05, 0.1) is 12.7 Å². The van der Waals surface area contributed by atoms with Crippen LogP contribution in [0.5, 0.6) is 0 Å². The van der Waals surface area contributed by atoms with Crippen LogP contribution in [0.25, 0.3) is 0 Å². The summed E-state index contributed by atoms with van der Waals surface area (Å²) in [7, 11) is 3.98. The lowest BCUT2D eigenvalue weighted by Crippen LogP contribution is -2.47. The van der Waals surface area contributed by atoms with Crippen molar-refractivity contribution in [1.82, 2.24) is 10.2 Å². The highest BCUT2D eigenvalue weighted by molar-refractivity contribution is 4.84. The minimum Gasteiger partial charge on any atom is -0.383 e. The zero-order valence-electron chi connectivity index (χ0n) is 11.9. The molecule has 18 heavy (non-hydrogen) atoms. The number of rotatable bonds is 8. The molecule has 0 spiro atoms. The maximum Gasteiger partial charge on any atom is 0.0702 e. The van der Waals surface area contributed by atoms with Gasteiger partial charge in [-0.15, -0.1) is 0 Å². The molecule has 0 radical (unpaired) electrons. The van der Waals surface area contributed by atoms with E-state index in [4.69, 9.17) is 9.47 Å². The van der Waals surface area contributed by atoms with Crippen molar-refractivity contribution in [2.75, 3.05) is 40.5 Å². The lowest BCUT2D eigenvalue weighted by Gasteiger charge is -2.32. The fourth-order valence-electron chi connectivity index (χ4n) is 2.55. The molecule has 1 N–H and O–H groups in total. The molecule has 2 fully saturated rings. The highest BCUT2D eigenvalue weighted by atomic mass is 16.5. The summed E-state index contributed by atoms with van der Waals surface area (Å²) in [5.41, 5.74) is 0. The lowest BCUT2D eigenvalue weighted by atomic mass is 10.1. The Balaban J connectivity index is 1.71. The van der Waals surface area contributed by atoms with Gasteiger partial charge in [0.25, 0.3) is 0 Å². The molecule has 1 aliphatic heterocycles. The van der Waals surface area contributed by atoms with E-state index in [1.54, 1.807) is 7.11 Å². The van der Waals surface area contributed by atoms with Crippen molar-refractivity contribution in [1.29, 1.82) is 0 Å². The number of likely N-dealkylation sites (N-methyl/N-ethyl adjacent to an activating group) is 1. The Bertz CT molecular complexity index is 228. The Morgan fingerprint density at radius 1 is 1.33 bits per heavy atom. The second-order valence-corrected chi connectivity index (χ2v) is 5.72. The second-order valence-electron chi connectivity index (χ2n) is 5.72. The van der Waals surface area contributed by atoms with Gasteiger partial charge in [0.2, 0.25) is 0 Å². The van der Waals surface area contributed by atoms with E-state index >= 15 is 0 Å². The van der Waals surface area contributed by atoms with Crippen LogP contribution in [0.4, 0.5) is 0 Å². The van der Waals surface area contributed by atoms with Crippen molar-refractivity contribution in [2.24, 2.45) is 0 Å². The van der Waals surface area contributed by atoms with Crippen LogP contribution >= 0.6 is 0 Å². The van der Waals surface area contributed by atoms with Crippen LogP contribution in [-0.4, -0.2) is 63.5 Å². The number of nitrogens with zero attached hydrogens (tertiary/aromatic N) is 1. The van der Waals surface area contributed by atoms with E-state index in [0.717, 1.165) is 32.3 Å². The first-order chi connectivity index (χ1) is 8.79. The summed E-state index contributed by atoms with van der Waals surface area (Å²) >= 11 is 0. The minimum atomic E-state index is 0.420. The van der Waals surface area contributed by atoms with Gasteiger partial charge in [0.1, 0.15) is 0 Å². The van der Waals surface area contributed by atoms with Crippen LogP contribution in [0.3, 0.4) is 0 Å². The van der Waals surface area contributed by atoms with E-state index in [1.165, 1.54) is 32.1 Å². The van der Waals surface area contributed by atoms with Crippen LogP contribution in [-0.2, 0) is 9.47 Å². The third-order valence-corrected chi connectivity index (χ3v) is 3.97. The smallest absolute Gasteiger partial charge is 0.0702 e. The molecule has 1 saturated heterocycles. The van der Waals surface area contributed by atoms with E-state index < -0.39 is 0 Å². The molecule has 0 bridgehead atoms. The molecule has 0 aromatic carbocycles. The average Bonchev–Trinajstić information content (AvgIpc) is 3.19. The van der Waals surface area contributed by atoms with Crippen molar-refractivity contribution >= 4 is 0 Å². The Kier molecular flexibility index (Phi) is 5.89. The molecule has 1 saturated carbocycles. The Labute approximate surface area is 111 Å². The summed E-state index contributed by atoms with van der Waals surface area (Å²) in [4.78, 5) is 2.40. The first kappa shape index (κ1) is 14.3. The molecule has 4 heteroatoms. The third-order valence-electron chi connectivity index (χ3n) is 3.97. The fraction of sp³-hybridized carbons (Fsp3) is 1.00. The van der Waals surface area contributed by atoms with Gasteiger partial charge in [-0.2, -0.15) is 0 Å². The number of methoxy groups -OCH3 is 1. The van der Waals surface area contributed by atoms with Gasteiger partial charge in [-0.3, -0.25) is 4.90 Å². The molecule has 0 aromatic rings. The van der Waals surface area contributed by atoms with E-state index in [1.807, 2.05) is 0 Å². The maximum absolute atomic E-state index is 5.81. The molecule has 2 aliphatic rings.